The van der Waals surface area contributed by atoms with Crippen LogP contribution in [0.4, 0.5) is 4.39 Å². The lowest BCUT2D eigenvalue weighted by Crippen LogP contribution is -2.48. The molecule has 3 aliphatic heterocycles. The first-order valence-corrected chi connectivity index (χ1v) is 20.3. The summed E-state index contributed by atoms with van der Waals surface area (Å²) in [6, 6.07) is 9.49. The number of carbonyl (C=O) groups excluding carboxylic acids is 3. The molecule has 3 fully saturated rings. The lowest BCUT2D eigenvalue weighted by atomic mass is 9.85. The Bertz CT molecular complexity index is 2450. The molecular weight excluding hydrogens is 766 g/mol. The third-order valence-corrected chi connectivity index (χ3v) is 11.6. The molecule has 4 aliphatic rings. The second kappa shape index (κ2) is 18.6. The molecule has 312 valence electrons. The van der Waals surface area contributed by atoms with Gasteiger partial charge in [-0.05, 0) is 80.9 Å². The average molecular weight is 816 g/mol. The highest BCUT2D eigenvalue weighted by Crippen LogP contribution is 2.27. The Kier molecular flexibility index (Phi) is 13.0. The molecular formula is C44H50FN11O4. The number of fused-ring (bicyclic) bond motifs is 1. The second-order valence-corrected chi connectivity index (χ2v) is 15.7. The number of imide groups is 1. The van der Waals surface area contributed by atoms with Crippen molar-refractivity contribution in [1.29, 1.82) is 10.8 Å². The fourth-order valence-corrected chi connectivity index (χ4v) is 8.27. The van der Waals surface area contributed by atoms with Gasteiger partial charge in [-0.3, -0.25) is 39.1 Å². The molecule has 0 spiro atoms. The molecule has 4 heterocycles. The summed E-state index contributed by atoms with van der Waals surface area (Å²) in [7, 11) is 1.68. The first kappa shape index (κ1) is 41.7. The van der Waals surface area contributed by atoms with Crippen molar-refractivity contribution in [1.82, 2.24) is 40.2 Å². The zero-order valence-electron chi connectivity index (χ0n) is 33.8. The van der Waals surface area contributed by atoms with E-state index in [4.69, 9.17) is 10.8 Å². The number of halogens is 1. The Morgan fingerprint density at radius 1 is 1.05 bits per heavy atom. The minimum atomic E-state index is -0.745. The summed E-state index contributed by atoms with van der Waals surface area (Å²) in [6.07, 6.45) is 11.5. The molecule has 3 amide bonds. The average Bonchev–Trinajstić information content (AvgIpc) is 3.50. The summed E-state index contributed by atoms with van der Waals surface area (Å²) in [6.45, 7) is 7.03. The highest BCUT2D eigenvalue weighted by Gasteiger charge is 2.32. The van der Waals surface area contributed by atoms with E-state index >= 15 is 4.39 Å². The number of piperazine rings is 1. The number of aromatic nitrogens is 2. The van der Waals surface area contributed by atoms with Crippen LogP contribution in [-0.4, -0.2) is 100 Å². The SMILES string of the molecule is Cc1ccc(C(=N)/C(=C\N[C@H]2CC[C@H](CN3CCN(CC#Cc4cccc5c4n(C)c(=O)n5C4CCC(=O)NC4=O)CC3)CC2)NC(=O)/C(C=N)=C2\N=CC=CN2)c(F)c1. The van der Waals surface area contributed by atoms with Crippen LogP contribution in [0.1, 0.15) is 61.3 Å². The van der Waals surface area contributed by atoms with Crippen molar-refractivity contribution in [3.05, 3.63) is 105 Å². The Hall–Kier alpha value is -6.44. The molecule has 15 nitrogen and oxygen atoms in total. The van der Waals surface area contributed by atoms with Crippen molar-refractivity contribution < 1.29 is 18.8 Å². The fourth-order valence-electron chi connectivity index (χ4n) is 8.27. The van der Waals surface area contributed by atoms with Crippen molar-refractivity contribution in [3.8, 4) is 11.8 Å². The predicted molar refractivity (Wildman–Crippen MR) is 228 cm³/mol. The fraction of sp³-hybridized carbons (Fsp3) is 0.386. The maximum Gasteiger partial charge on any atom is 0.329 e. The zero-order valence-corrected chi connectivity index (χ0v) is 33.8. The topological polar surface area (TPSA) is 193 Å². The number of para-hydroxylation sites is 1. The summed E-state index contributed by atoms with van der Waals surface area (Å²) in [5.41, 5.74) is 2.33. The Balaban J connectivity index is 0.912. The lowest BCUT2D eigenvalue weighted by Gasteiger charge is -2.37. The molecule has 60 heavy (non-hydrogen) atoms. The maximum atomic E-state index is 15.0. The largest absolute Gasteiger partial charge is 0.386 e. The van der Waals surface area contributed by atoms with Gasteiger partial charge in [0.25, 0.3) is 5.91 Å². The highest BCUT2D eigenvalue weighted by atomic mass is 19.1. The summed E-state index contributed by atoms with van der Waals surface area (Å²) < 4.78 is 18.0. The van der Waals surface area contributed by atoms with E-state index in [0.29, 0.717) is 34.6 Å². The molecule has 2 aromatic carbocycles. The third kappa shape index (κ3) is 9.38. The van der Waals surface area contributed by atoms with Gasteiger partial charge < -0.3 is 26.3 Å². The predicted octanol–water partition coefficient (Wildman–Crippen LogP) is 2.96. The molecule has 0 radical (unpaired) electrons. The van der Waals surface area contributed by atoms with Gasteiger partial charge in [-0.15, -0.1) is 0 Å². The molecule has 1 saturated carbocycles. The second-order valence-electron chi connectivity index (χ2n) is 15.7. The number of nitrogens with one attached hydrogen (secondary N) is 6. The van der Waals surface area contributed by atoms with Crippen LogP contribution in [-0.2, 0) is 21.4 Å². The van der Waals surface area contributed by atoms with Gasteiger partial charge in [0.15, 0.2) is 0 Å². The molecule has 1 aromatic heterocycles. The van der Waals surface area contributed by atoms with Crippen LogP contribution in [0.5, 0.6) is 0 Å². The number of aryl methyl sites for hydroxylation is 2. The van der Waals surface area contributed by atoms with Crippen LogP contribution >= 0.6 is 0 Å². The van der Waals surface area contributed by atoms with Gasteiger partial charge in [0.2, 0.25) is 11.8 Å². The first-order valence-electron chi connectivity index (χ1n) is 20.3. The summed E-state index contributed by atoms with van der Waals surface area (Å²) in [5.74, 6) is 5.31. The summed E-state index contributed by atoms with van der Waals surface area (Å²) in [4.78, 5) is 59.9. The van der Waals surface area contributed by atoms with E-state index in [0.717, 1.165) is 64.6 Å². The third-order valence-electron chi connectivity index (χ3n) is 11.6. The smallest absolute Gasteiger partial charge is 0.329 e. The van der Waals surface area contributed by atoms with Crippen molar-refractivity contribution in [2.24, 2.45) is 18.0 Å². The monoisotopic (exact) mass is 815 g/mol. The number of benzene rings is 2. The number of amides is 3. The van der Waals surface area contributed by atoms with Crippen LogP contribution in [0, 0.1) is 41.3 Å². The van der Waals surface area contributed by atoms with Crippen LogP contribution in [0.15, 0.2) is 81.8 Å². The molecule has 1 atom stereocenters. The minimum Gasteiger partial charge on any atom is -0.386 e. The first-order chi connectivity index (χ1) is 29.0. The van der Waals surface area contributed by atoms with E-state index in [9.17, 15) is 19.2 Å². The maximum absolute atomic E-state index is 15.0. The Morgan fingerprint density at radius 2 is 1.82 bits per heavy atom. The molecule has 1 aliphatic carbocycles. The minimum absolute atomic E-state index is 0.0311. The molecule has 7 rings (SSSR count). The van der Waals surface area contributed by atoms with Crippen LogP contribution in [0.2, 0.25) is 0 Å². The normalized spacial score (nSPS) is 22.1. The summed E-state index contributed by atoms with van der Waals surface area (Å²) >= 11 is 0. The van der Waals surface area contributed by atoms with Crippen molar-refractivity contribution in [3.63, 3.8) is 0 Å². The molecule has 6 N–H and O–H groups in total. The molecule has 3 aromatic rings. The van der Waals surface area contributed by atoms with E-state index in [1.165, 1.54) is 27.5 Å². The van der Waals surface area contributed by atoms with Gasteiger partial charge in [0.1, 0.15) is 17.7 Å². The number of piperidine rings is 1. The molecule has 1 unspecified atom stereocenters. The number of aliphatic imine (C=N–C) groups is 1. The van der Waals surface area contributed by atoms with E-state index in [-0.39, 0.29) is 58.8 Å². The van der Waals surface area contributed by atoms with E-state index in [1.807, 2.05) is 18.2 Å². The van der Waals surface area contributed by atoms with Crippen molar-refractivity contribution in [2.45, 2.75) is 57.5 Å². The van der Waals surface area contributed by atoms with Crippen LogP contribution in [0.25, 0.3) is 11.0 Å². The highest BCUT2D eigenvalue weighted by molar-refractivity contribution is 6.18. The number of rotatable bonds is 11. The zero-order chi connectivity index (χ0) is 42.3. The van der Waals surface area contributed by atoms with Crippen LogP contribution in [0.3, 0.4) is 0 Å². The standard InChI is InChI=1S/C44H50FN11O4/c1-28-9-14-32(34(45)24-28)39(47)35(51-42(58)33(25-46)41-48-17-5-18-49-41)26-50-31-12-10-29(11-13-31)27-55-22-20-54(21-23-55)19-4-7-30-6-3-8-36-40(30)53(2)44(60)56(36)37-15-16-38(57)52-43(37)59/h3,5-6,8-9,14,17-18,24-26,29,31,37,46-48,50H,10-13,15-16,19-23,27H2,1-2H3,(H,51,58)(H,52,57,59)/b35-26+,41-33-,46-25?,47-39?/t29-,31-,37?. The van der Waals surface area contributed by atoms with E-state index in [1.54, 1.807) is 38.5 Å². The van der Waals surface area contributed by atoms with Gasteiger partial charge in [0.05, 0.1) is 40.1 Å². The molecule has 0 bridgehead atoms. The number of nitrogens with zero attached hydrogens (tertiary/aromatic N) is 5. The van der Waals surface area contributed by atoms with Gasteiger partial charge in [-0.25, -0.2) is 14.2 Å². The van der Waals surface area contributed by atoms with Gasteiger partial charge >= 0.3 is 5.69 Å². The number of hydrogen-bond donors (Lipinski definition) is 6. The number of allylic oxidation sites excluding steroid dienone is 2. The number of carbonyl (C=O) groups is 3. The van der Waals surface area contributed by atoms with E-state index in [2.05, 4.69) is 47.9 Å². The Morgan fingerprint density at radius 3 is 2.52 bits per heavy atom. The van der Waals surface area contributed by atoms with Crippen molar-refractivity contribution in [2.75, 3.05) is 39.3 Å². The number of imidazole rings is 1. The van der Waals surface area contributed by atoms with Crippen molar-refractivity contribution >= 4 is 46.9 Å². The number of hydrogen-bond acceptors (Lipinski definition) is 11. The quantitative estimate of drug-likeness (QED) is 0.0737. The van der Waals surface area contributed by atoms with Gasteiger partial charge in [-0.1, -0.05) is 24.0 Å². The Labute approximate surface area is 347 Å². The van der Waals surface area contributed by atoms with E-state index < -0.39 is 23.7 Å². The summed E-state index contributed by atoms with van der Waals surface area (Å²) in [5, 5.41) is 28.0. The lowest BCUT2D eigenvalue weighted by molar-refractivity contribution is -0.135. The molecule has 2 saturated heterocycles. The van der Waals surface area contributed by atoms with Gasteiger partial charge in [-0.2, -0.15) is 0 Å². The van der Waals surface area contributed by atoms with Gasteiger partial charge in [0, 0.05) is 82.6 Å². The molecule has 16 heteroatoms. The van der Waals surface area contributed by atoms with Crippen LogP contribution < -0.4 is 27.0 Å².